The summed E-state index contributed by atoms with van der Waals surface area (Å²) in [6.07, 6.45) is 1.48. The molecule has 0 aromatic carbocycles. The van der Waals surface area contributed by atoms with E-state index in [2.05, 4.69) is 0 Å². The molecule has 0 unspecified atom stereocenters. The molecular weight excluding hydrogens is 140 g/mol. The highest BCUT2D eigenvalue weighted by atomic mass is 35.5. The van der Waals surface area contributed by atoms with Crippen LogP contribution in [0.1, 0.15) is 26.7 Å². The molecule has 0 atom stereocenters. The zero-order valence-electron chi connectivity index (χ0n) is 5.76. The van der Waals surface area contributed by atoms with Crippen molar-refractivity contribution in [3.05, 3.63) is 0 Å². The largest absolute Gasteiger partial charge is 0.481 e. The summed E-state index contributed by atoms with van der Waals surface area (Å²) in [6.45, 7) is 3.78. The summed E-state index contributed by atoms with van der Waals surface area (Å²) in [4.78, 5) is 10.2. The molecule has 0 radical (unpaired) electrons. The van der Waals surface area contributed by atoms with E-state index in [0.717, 1.165) is 12.8 Å². The summed E-state index contributed by atoms with van der Waals surface area (Å²) in [5.74, 6) is -0.801. The molecule has 2 nitrogen and oxygen atoms in total. The SMILES string of the molecule is CCC(CC)C(=O)O.Cl. The van der Waals surface area contributed by atoms with Gasteiger partial charge < -0.3 is 5.11 Å². The van der Waals surface area contributed by atoms with Crippen molar-refractivity contribution < 1.29 is 9.90 Å². The van der Waals surface area contributed by atoms with Gasteiger partial charge in [-0.1, -0.05) is 13.8 Å². The van der Waals surface area contributed by atoms with Crippen molar-refractivity contribution in [2.45, 2.75) is 26.7 Å². The Labute approximate surface area is 61.7 Å². The van der Waals surface area contributed by atoms with Gasteiger partial charge in [-0.25, -0.2) is 0 Å². The summed E-state index contributed by atoms with van der Waals surface area (Å²) in [7, 11) is 0. The van der Waals surface area contributed by atoms with Crippen LogP contribution in [-0.2, 0) is 4.79 Å². The molecule has 0 aromatic rings. The summed E-state index contributed by atoms with van der Waals surface area (Å²) >= 11 is 0. The van der Waals surface area contributed by atoms with E-state index in [0.29, 0.717) is 0 Å². The van der Waals surface area contributed by atoms with Gasteiger partial charge in [0.15, 0.2) is 0 Å². The third-order valence-corrected chi connectivity index (χ3v) is 1.33. The van der Waals surface area contributed by atoms with Crippen LogP contribution in [0.5, 0.6) is 0 Å². The van der Waals surface area contributed by atoms with Crippen LogP contribution < -0.4 is 0 Å². The maximum Gasteiger partial charge on any atom is 0.306 e. The number of carboxylic acids is 1. The molecule has 0 aromatic heterocycles. The van der Waals surface area contributed by atoms with Crippen LogP contribution >= 0.6 is 12.4 Å². The molecule has 0 fully saturated rings. The summed E-state index contributed by atoms with van der Waals surface area (Å²) in [5.41, 5.74) is 0. The van der Waals surface area contributed by atoms with Crippen LogP contribution in [0.15, 0.2) is 0 Å². The highest BCUT2D eigenvalue weighted by Crippen LogP contribution is 2.05. The molecule has 0 amide bonds. The van der Waals surface area contributed by atoms with Gasteiger partial charge in [0, 0.05) is 0 Å². The van der Waals surface area contributed by atoms with E-state index in [1.165, 1.54) is 0 Å². The second kappa shape index (κ2) is 5.89. The summed E-state index contributed by atoms with van der Waals surface area (Å²) in [5, 5.41) is 8.37. The zero-order chi connectivity index (χ0) is 6.57. The van der Waals surface area contributed by atoms with Crippen molar-refractivity contribution in [3.63, 3.8) is 0 Å². The van der Waals surface area contributed by atoms with Gasteiger partial charge in [0.1, 0.15) is 0 Å². The summed E-state index contributed by atoms with van der Waals surface area (Å²) in [6, 6.07) is 0. The predicted octanol–water partition coefficient (Wildman–Crippen LogP) is 1.93. The minimum atomic E-state index is -0.671. The van der Waals surface area contributed by atoms with Gasteiger partial charge in [0.2, 0.25) is 0 Å². The number of hydrogen-bond acceptors (Lipinski definition) is 1. The van der Waals surface area contributed by atoms with E-state index < -0.39 is 5.97 Å². The first-order valence-corrected chi connectivity index (χ1v) is 2.95. The Bertz CT molecular complexity index is 79.1. The first-order valence-electron chi connectivity index (χ1n) is 2.95. The van der Waals surface area contributed by atoms with E-state index in [1.54, 1.807) is 0 Å². The van der Waals surface area contributed by atoms with E-state index in [1.807, 2.05) is 13.8 Å². The zero-order valence-corrected chi connectivity index (χ0v) is 6.57. The fourth-order valence-corrected chi connectivity index (χ4v) is 0.638. The third-order valence-electron chi connectivity index (χ3n) is 1.33. The van der Waals surface area contributed by atoms with Gasteiger partial charge in [0.05, 0.1) is 5.92 Å². The molecule has 0 heterocycles. The lowest BCUT2D eigenvalue weighted by Gasteiger charge is -2.02. The molecular formula is C6H13ClO2. The van der Waals surface area contributed by atoms with Crippen LogP contribution in [0.2, 0.25) is 0 Å². The van der Waals surface area contributed by atoms with Crippen molar-refractivity contribution in [2.24, 2.45) is 5.92 Å². The number of carboxylic acid groups (broad SMARTS) is 1. The fraction of sp³-hybridized carbons (Fsp3) is 0.833. The smallest absolute Gasteiger partial charge is 0.306 e. The molecule has 0 spiro atoms. The lowest BCUT2D eigenvalue weighted by atomic mass is 10.1. The fourth-order valence-electron chi connectivity index (χ4n) is 0.638. The van der Waals surface area contributed by atoms with Gasteiger partial charge in [0.25, 0.3) is 0 Å². The molecule has 0 aliphatic rings. The average Bonchev–Trinajstić information content (AvgIpc) is 1.69. The molecule has 3 heteroatoms. The minimum Gasteiger partial charge on any atom is -0.481 e. The van der Waals surface area contributed by atoms with Crippen molar-refractivity contribution in [3.8, 4) is 0 Å². The molecule has 0 rings (SSSR count). The molecule has 0 aliphatic heterocycles. The topological polar surface area (TPSA) is 37.3 Å². The Hall–Kier alpha value is -0.240. The maximum atomic E-state index is 10.2. The molecule has 1 N–H and O–H groups in total. The second-order valence-corrected chi connectivity index (χ2v) is 1.85. The number of rotatable bonds is 3. The van der Waals surface area contributed by atoms with Gasteiger partial charge in [-0.05, 0) is 12.8 Å². The van der Waals surface area contributed by atoms with Gasteiger partial charge in [-0.15, -0.1) is 12.4 Å². The minimum absolute atomic E-state index is 0. The molecule has 9 heavy (non-hydrogen) atoms. The van der Waals surface area contributed by atoms with E-state index >= 15 is 0 Å². The van der Waals surface area contributed by atoms with Gasteiger partial charge in [-0.3, -0.25) is 4.79 Å². The lowest BCUT2D eigenvalue weighted by molar-refractivity contribution is -0.141. The monoisotopic (exact) mass is 152 g/mol. The molecule has 56 valence electrons. The lowest BCUT2D eigenvalue weighted by Crippen LogP contribution is -2.10. The van der Waals surface area contributed by atoms with Crippen molar-refractivity contribution in [2.75, 3.05) is 0 Å². The highest BCUT2D eigenvalue weighted by Gasteiger charge is 2.10. The van der Waals surface area contributed by atoms with Crippen LogP contribution in [-0.4, -0.2) is 11.1 Å². The van der Waals surface area contributed by atoms with Crippen LogP contribution in [0.4, 0.5) is 0 Å². The Morgan fingerprint density at radius 2 is 1.78 bits per heavy atom. The van der Waals surface area contributed by atoms with Crippen molar-refractivity contribution in [1.29, 1.82) is 0 Å². The first kappa shape index (κ1) is 11.5. The third kappa shape index (κ3) is 4.28. The molecule has 0 saturated carbocycles. The van der Waals surface area contributed by atoms with E-state index in [9.17, 15) is 4.79 Å². The number of hydrogen-bond donors (Lipinski definition) is 1. The van der Waals surface area contributed by atoms with E-state index in [4.69, 9.17) is 5.11 Å². The van der Waals surface area contributed by atoms with Gasteiger partial charge >= 0.3 is 5.97 Å². The van der Waals surface area contributed by atoms with Crippen molar-refractivity contribution >= 4 is 18.4 Å². The first-order chi connectivity index (χ1) is 3.72. The molecule has 0 bridgehead atoms. The molecule has 0 aliphatic carbocycles. The van der Waals surface area contributed by atoms with Gasteiger partial charge in [-0.2, -0.15) is 0 Å². The van der Waals surface area contributed by atoms with Crippen molar-refractivity contribution in [1.82, 2.24) is 0 Å². The Morgan fingerprint density at radius 3 is 1.78 bits per heavy atom. The maximum absolute atomic E-state index is 10.2. The number of carbonyl (C=O) groups is 1. The quantitative estimate of drug-likeness (QED) is 0.671. The standard InChI is InChI=1S/C6H12O2.ClH/c1-3-5(4-2)6(7)8;/h5H,3-4H2,1-2H3,(H,7,8);1H. The van der Waals surface area contributed by atoms with Crippen LogP contribution in [0.25, 0.3) is 0 Å². The normalized spacial score (nSPS) is 8.78. The molecule has 0 saturated heterocycles. The van der Waals surface area contributed by atoms with E-state index in [-0.39, 0.29) is 18.3 Å². The summed E-state index contributed by atoms with van der Waals surface area (Å²) < 4.78 is 0. The Kier molecular flexibility index (Phi) is 7.55. The number of aliphatic carboxylic acids is 1. The Morgan fingerprint density at radius 1 is 1.44 bits per heavy atom. The highest BCUT2D eigenvalue weighted by molar-refractivity contribution is 5.85. The number of halogens is 1. The average molecular weight is 153 g/mol. The van der Waals surface area contributed by atoms with Crippen LogP contribution in [0.3, 0.4) is 0 Å². The second-order valence-electron chi connectivity index (χ2n) is 1.85. The van der Waals surface area contributed by atoms with Crippen LogP contribution in [0, 0.1) is 5.92 Å². The predicted molar refractivity (Wildman–Crippen MR) is 39.0 cm³/mol. The Balaban J connectivity index is 0.